The molecule has 3 nitrogen and oxygen atoms in total. The van der Waals surface area contributed by atoms with E-state index in [0.717, 1.165) is 30.6 Å². The SMILES string of the molecule is CC1CCC(CNCc2cc(C#N)n(C)c2)CC1. The van der Waals surface area contributed by atoms with Crippen molar-refractivity contribution in [3.63, 3.8) is 0 Å². The number of nitriles is 1. The van der Waals surface area contributed by atoms with Gasteiger partial charge in [0.15, 0.2) is 0 Å². The summed E-state index contributed by atoms with van der Waals surface area (Å²) in [6.45, 7) is 4.35. The molecule has 0 atom stereocenters. The van der Waals surface area contributed by atoms with Crippen molar-refractivity contribution in [3.05, 3.63) is 23.5 Å². The van der Waals surface area contributed by atoms with Crippen molar-refractivity contribution >= 4 is 0 Å². The molecule has 0 radical (unpaired) electrons. The number of aryl methyl sites for hydroxylation is 1. The highest BCUT2D eigenvalue weighted by molar-refractivity contribution is 5.28. The molecule has 1 aromatic heterocycles. The molecule has 1 aliphatic carbocycles. The summed E-state index contributed by atoms with van der Waals surface area (Å²) in [5.74, 6) is 1.77. The monoisotopic (exact) mass is 245 g/mol. The van der Waals surface area contributed by atoms with Crippen LogP contribution in [0.5, 0.6) is 0 Å². The Bertz CT molecular complexity index is 419. The zero-order valence-corrected chi connectivity index (χ0v) is 11.4. The molecule has 0 aliphatic heterocycles. The molecule has 0 spiro atoms. The summed E-state index contributed by atoms with van der Waals surface area (Å²) in [5.41, 5.74) is 1.94. The minimum absolute atomic E-state index is 0.735. The first-order chi connectivity index (χ1) is 8.69. The Morgan fingerprint density at radius 1 is 1.39 bits per heavy atom. The van der Waals surface area contributed by atoms with Gasteiger partial charge in [-0.25, -0.2) is 0 Å². The minimum Gasteiger partial charge on any atom is -0.342 e. The van der Waals surface area contributed by atoms with Gasteiger partial charge in [0.25, 0.3) is 0 Å². The Kier molecular flexibility index (Phi) is 4.43. The second-order valence-corrected chi connectivity index (χ2v) is 5.71. The molecule has 18 heavy (non-hydrogen) atoms. The number of hydrogen-bond acceptors (Lipinski definition) is 2. The molecule has 1 saturated carbocycles. The molecule has 2 rings (SSSR count). The first-order valence-corrected chi connectivity index (χ1v) is 6.95. The van der Waals surface area contributed by atoms with Gasteiger partial charge in [0.05, 0.1) is 0 Å². The third-order valence-electron chi connectivity index (χ3n) is 4.07. The van der Waals surface area contributed by atoms with Gasteiger partial charge in [-0.15, -0.1) is 0 Å². The molecule has 0 unspecified atom stereocenters. The van der Waals surface area contributed by atoms with Crippen LogP contribution in [0, 0.1) is 23.2 Å². The Hall–Kier alpha value is -1.27. The summed E-state index contributed by atoms with van der Waals surface area (Å²) in [7, 11) is 1.92. The van der Waals surface area contributed by atoms with Crippen LogP contribution in [-0.2, 0) is 13.6 Å². The first kappa shape index (κ1) is 13.2. The number of hydrogen-bond donors (Lipinski definition) is 1. The second-order valence-electron chi connectivity index (χ2n) is 5.71. The lowest BCUT2D eigenvalue weighted by molar-refractivity contribution is 0.281. The third-order valence-corrected chi connectivity index (χ3v) is 4.07. The van der Waals surface area contributed by atoms with Crippen LogP contribution in [0.15, 0.2) is 12.3 Å². The largest absolute Gasteiger partial charge is 0.342 e. The van der Waals surface area contributed by atoms with Gasteiger partial charge in [0.1, 0.15) is 11.8 Å². The van der Waals surface area contributed by atoms with Gasteiger partial charge >= 0.3 is 0 Å². The predicted octanol–water partition coefficient (Wildman–Crippen LogP) is 2.81. The molecule has 1 heterocycles. The van der Waals surface area contributed by atoms with Crippen molar-refractivity contribution in [2.75, 3.05) is 6.54 Å². The van der Waals surface area contributed by atoms with E-state index in [-0.39, 0.29) is 0 Å². The summed E-state index contributed by atoms with van der Waals surface area (Å²) < 4.78 is 1.89. The van der Waals surface area contributed by atoms with E-state index in [9.17, 15) is 0 Å². The standard InChI is InChI=1S/C15H23N3/c1-12-3-5-13(6-4-12)9-17-10-14-7-15(8-16)18(2)11-14/h7,11-13,17H,3-6,9-10H2,1-2H3. The van der Waals surface area contributed by atoms with Crippen LogP contribution in [0.4, 0.5) is 0 Å². The van der Waals surface area contributed by atoms with Crippen molar-refractivity contribution in [1.82, 2.24) is 9.88 Å². The lowest BCUT2D eigenvalue weighted by Gasteiger charge is -2.26. The van der Waals surface area contributed by atoms with Crippen LogP contribution in [0.3, 0.4) is 0 Å². The fraction of sp³-hybridized carbons (Fsp3) is 0.667. The molecule has 0 bridgehead atoms. The molecular formula is C15H23N3. The van der Waals surface area contributed by atoms with Crippen molar-refractivity contribution in [3.8, 4) is 6.07 Å². The maximum Gasteiger partial charge on any atom is 0.120 e. The van der Waals surface area contributed by atoms with E-state index in [1.807, 2.05) is 23.9 Å². The Labute approximate surface area is 110 Å². The smallest absolute Gasteiger partial charge is 0.120 e. The Morgan fingerprint density at radius 3 is 2.72 bits per heavy atom. The summed E-state index contributed by atoms with van der Waals surface area (Å²) >= 11 is 0. The molecular weight excluding hydrogens is 222 g/mol. The lowest BCUT2D eigenvalue weighted by atomic mass is 9.83. The van der Waals surface area contributed by atoms with E-state index in [1.165, 1.54) is 31.2 Å². The highest BCUT2D eigenvalue weighted by atomic mass is 14.9. The normalized spacial score (nSPS) is 23.8. The quantitative estimate of drug-likeness (QED) is 0.886. The van der Waals surface area contributed by atoms with Gasteiger partial charge in [-0.2, -0.15) is 5.26 Å². The molecule has 1 N–H and O–H groups in total. The van der Waals surface area contributed by atoms with Crippen molar-refractivity contribution < 1.29 is 0 Å². The number of nitrogens with one attached hydrogen (secondary N) is 1. The highest BCUT2D eigenvalue weighted by Crippen LogP contribution is 2.27. The molecule has 0 amide bonds. The average Bonchev–Trinajstić information content (AvgIpc) is 2.72. The van der Waals surface area contributed by atoms with Crippen LogP contribution in [-0.4, -0.2) is 11.1 Å². The molecule has 3 heteroatoms. The van der Waals surface area contributed by atoms with E-state index in [4.69, 9.17) is 5.26 Å². The zero-order chi connectivity index (χ0) is 13.0. The van der Waals surface area contributed by atoms with Gasteiger partial charge in [-0.05, 0) is 42.9 Å². The predicted molar refractivity (Wildman–Crippen MR) is 73.0 cm³/mol. The van der Waals surface area contributed by atoms with Gasteiger partial charge in [0.2, 0.25) is 0 Å². The van der Waals surface area contributed by atoms with Crippen LogP contribution >= 0.6 is 0 Å². The van der Waals surface area contributed by atoms with E-state index in [2.05, 4.69) is 18.3 Å². The van der Waals surface area contributed by atoms with Gasteiger partial charge in [0, 0.05) is 19.8 Å². The molecule has 1 fully saturated rings. The highest BCUT2D eigenvalue weighted by Gasteiger charge is 2.17. The van der Waals surface area contributed by atoms with Crippen LogP contribution in [0.25, 0.3) is 0 Å². The fourth-order valence-electron chi connectivity index (χ4n) is 2.79. The third kappa shape index (κ3) is 3.36. The molecule has 1 aromatic rings. The van der Waals surface area contributed by atoms with E-state index >= 15 is 0 Å². The molecule has 1 aliphatic rings. The van der Waals surface area contributed by atoms with Crippen molar-refractivity contribution in [1.29, 1.82) is 5.26 Å². The maximum atomic E-state index is 8.89. The van der Waals surface area contributed by atoms with Crippen LogP contribution in [0.2, 0.25) is 0 Å². The van der Waals surface area contributed by atoms with Gasteiger partial charge in [-0.1, -0.05) is 19.8 Å². The minimum atomic E-state index is 0.735. The van der Waals surface area contributed by atoms with E-state index < -0.39 is 0 Å². The van der Waals surface area contributed by atoms with Crippen molar-refractivity contribution in [2.24, 2.45) is 18.9 Å². The van der Waals surface area contributed by atoms with Gasteiger partial charge < -0.3 is 9.88 Å². The van der Waals surface area contributed by atoms with E-state index in [1.54, 1.807) is 0 Å². The maximum absolute atomic E-state index is 8.89. The summed E-state index contributed by atoms with van der Waals surface area (Å²) in [4.78, 5) is 0. The molecule has 98 valence electrons. The summed E-state index contributed by atoms with van der Waals surface area (Å²) in [5, 5.41) is 12.4. The zero-order valence-electron chi connectivity index (χ0n) is 11.4. The van der Waals surface area contributed by atoms with Crippen LogP contribution in [0.1, 0.15) is 43.9 Å². The Balaban J connectivity index is 1.73. The summed E-state index contributed by atoms with van der Waals surface area (Å²) in [6.07, 6.45) is 7.54. The number of rotatable bonds is 4. The molecule has 0 saturated heterocycles. The van der Waals surface area contributed by atoms with E-state index in [0.29, 0.717) is 0 Å². The second kappa shape index (κ2) is 6.06. The number of nitrogens with zero attached hydrogens (tertiary/aromatic N) is 2. The lowest BCUT2D eigenvalue weighted by Crippen LogP contribution is -2.25. The average molecular weight is 245 g/mol. The summed E-state index contributed by atoms with van der Waals surface area (Å²) in [6, 6.07) is 4.16. The van der Waals surface area contributed by atoms with Crippen LogP contribution < -0.4 is 5.32 Å². The molecule has 0 aromatic carbocycles. The number of aromatic nitrogens is 1. The van der Waals surface area contributed by atoms with Gasteiger partial charge in [-0.3, -0.25) is 0 Å². The van der Waals surface area contributed by atoms with Crippen molar-refractivity contribution in [2.45, 2.75) is 39.2 Å². The topological polar surface area (TPSA) is 40.8 Å². The Morgan fingerprint density at radius 2 is 2.11 bits per heavy atom. The first-order valence-electron chi connectivity index (χ1n) is 6.95. The fourth-order valence-corrected chi connectivity index (χ4v) is 2.79.